The molecular formula is C16H30N2O3. The second kappa shape index (κ2) is 10.6. The number of nitrogens with zero attached hydrogens (tertiary/aromatic N) is 1. The van der Waals surface area contributed by atoms with Crippen LogP contribution in [-0.4, -0.2) is 47.6 Å². The molecule has 0 radical (unpaired) electrons. The number of nitrogens with one attached hydrogen (secondary N) is 1. The lowest BCUT2D eigenvalue weighted by Crippen LogP contribution is -2.39. The summed E-state index contributed by atoms with van der Waals surface area (Å²) in [6.45, 7) is 3.25. The summed E-state index contributed by atoms with van der Waals surface area (Å²) in [4.78, 5) is 25.0. The van der Waals surface area contributed by atoms with Crippen LogP contribution in [0.1, 0.15) is 64.7 Å². The molecular weight excluding hydrogens is 268 g/mol. The van der Waals surface area contributed by atoms with E-state index in [2.05, 4.69) is 12.2 Å². The van der Waals surface area contributed by atoms with E-state index in [4.69, 9.17) is 0 Å². The fourth-order valence-corrected chi connectivity index (χ4v) is 2.59. The van der Waals surface area contributed by atoms with E-state index >= 15 is 0 Å². The fraction of sp³-hybridized carbons (Fsp3) is 0.875. The van der Waals surface area contributed by atoms with E-state index in [1.807, 2.05) is 0 Å². The molecule has 0 aromatic rings. The minimum absolute atomic E-state index is 0.0448. The van der Waals surface area contributed by atoms with E-state index in [1.54, 1.807) is 4.90 Å². The fourth-order valence-electron chi connectivity index (χ4n) is 2.59. The number of hydrogen-bond acceptors (Lipinski definition) is 3. The number of carbonyl (C=O) groups is 2. The maximum absolute atomic E-state index is 11.8. The predicted molar refractivity (Wildman–Crippen MR) is 82.8 cm³/mol. The minimum Gasteiger partial charge on any atom is -0.391 e. The average Bonchev–Trinajstić information content (AvgIpc) is 2.90. The molecule has 0 aromatic heterocycles. The van der Waals surface area contributed by atoms with E-state index in [1.165, 1.54) is 32.1 Å². The van der Waals surface area contributed by atoms with Crippen LogP contribution in [0.5, 0.6) is 0 Å². The lowest BCUT2D eigenvalue weighted by atomic mass is 10.1. The predicted octanol–water partition coefficient (Wildman–Crippen LogP) is 1.84. The lowest BCUT2D eigenvalue weighted by Gasteiger charge is -2.15. The molecule has 0 aromatic carbocycles. The van der Waals surface area contributed by atoms with Crippen molar-refractivity contribution in [1.29, 1.82) is 0 Å². The van der Waals surface area contributed by atoms with E-state index < -0.39 is 6.10 Å². The van der Waals surface area contributed by atoms with Crippen LogP contribution < -0.4 is 5.32 Å². The summed E-state index contributed by atoms with van der Waals surface area (Å²) in [6, 6.07) is 0. The summed E-state index contributed by atoms with van der Waals surface area (Å²) in [5, 5.41) is 12.0. The van der Waals surface area contributed by atoms with Crippen molar-refractivity contribution in [2.24, 2.45) is 0 Å². The Hall–Kier alpha value is -1.10. The van der Waals surface area contributed by atoms with Crippen LogP contribution in [0.25, 0.3) is 0 Å². The molecule has 2 amide bonds. The Labute approximate surface area is 128 Å². The highest BCUT2D eigenvalue weighted by Gasteiger charge is 2.24. The van der Waals surface area contributed by atoms with Gasteiger partial charge in [-0.15, -0.1) is 0 Å². The molecule has 0 bridgehead atoms. The van der Waals surface area contributed by atoms with Crippen LogP contribution in [0.4, 0.5) is 0 Å². The molecule has 1 unspecified atom stereocenters. The topological polar surface area (TPSA) is 69.6 Å². The Bertz CT molecular complexity index is 321. The van der Waals surface area contributed by atoms with Gasteiger partial charge in [0.05, 0.1) is 12.6 Å². The quantitative estimate of drug-likeness (QED) is 0.605. The van der Waals surface area contributed by atoms with Gasteiger partial charge >= 0.3 is 0 Å². The minimum atomic E-state index is -0.405. The van der Waals surface area contributed by atoms with Crippen molar-refractivity contribution in [3.63, 3.8) is 0 Å². The zero-order valence-corrected chi connectivity index (χ0v) is 13.3. The van der Waals surface area contributed by atoms with Gasteiger partial charge in [-0.05, 0) is 12.8 Å². The first-order valence-corrected chi connectivity index (χ1v) is 8.36. The molecule has 122 valence electrons. The first-order valence-electron chi connectivity index (χ1n) is 8.36. The van der Waals surface area contributed by atoms with Gasteiger partial charge in [-0.1, -0.05) is 45.4 Å². The van der Waals surface area contributed by atoms with Crippen LogP contribution in [-0.2, 0) is 9.59 Å². The average molecular weight is 298 g/mol. The Balaban J connectivity index is 1.97. The largest absolute Gasteiger partial charge is 0.391 e. The lowest BCUT2D eigenvalue weighted by molar-refractivity contribution is -0.132. The summed E-state index contributed by atoms with van der Waals surface area (Å²) in [6.07, 6.45) is 9.01. The molecule has 21 heavy (non-hydrogen) atoms. The molecule has 2 N–H and O–H groups in total. The number of likely N-dealkylation sites (tertiary alicyclic amines) is 1. The zero-order chi connectivity index (χ0) is 15.5. The highest BCUT2D eigenvalue weighted by atomic mass is 16.3. The van der Waals surface area contributed by atoms with E-state index in [9.17, 15) is 14.7 Å². The normalized spacial score (nSPS) is 18.0. The second-order valence-corrected chi connectivity index (χ2v) is 5.93. The summed E-state index contributed by atoms with van der Waals surface area (Å²) >= 11 is 0. The first-order chi connectivity index (χ1) is 10.1. The van der Waals surface area contributed by atoms with Crippen LogP contribution >= 0.6 is 0 Å². The Morgan fingerprint density at radius 1 is 1.14 bits per heavy atom. The maximum Gasteiger partial charge on any atom is 0.242 e. The number of carbonyl (C=O) groups excluding carboxylic acids is 2. The summed E-state index contributed by atoms with van der Waals surface area (Å²) < 4.78 is 0. The summed E-state index contributed by atoms with van der Waals surface area (Å²) in [5.41, 5.74) is 0. The number of hydrogen-bond donors (Lipinski definition) is 2. The third-order valence-corrected chi connectivity index (χ3v) is 3.96. The zero-order valence-electron chi connectivity index (χ0n) is 13.3. The van der Waals surface area contributed by atoms with Crippen LogP contribution in [0.15, 0.2) is 0 Å². The SMILES string of the molecule is CCCCCCCCCC(=O)NCC(=O)N1CCC(O)C1. The molecule has 1 heterocycles. The molecule has 1 aliphatic rings. The molecule has 1 aliphatic heterocycles. The highest BCUT2D eigenvalue weighted by molar-refractivity contribution is 5.84. The van der Waals surface area contributed by atoms with Crippen molar-refractivity contribution in [2.75, 3.05) is 19.6 Å². The van der Waals surface area contributed by atoms with Gasteiger partial charge in [0.1, 0.15) is 0 Å². The highest BCUT2D eigenvalue weighted by Crippen LogP contribution is 2.09. The van der Waals surface area contributed by atoms with Crippen molar-refractivity contribution in [3.8, 4) is 0 Å². The Kier molecular flexibility index (Phi) is 9.06. The molecule has 1 fully saturated rings. The molecule has 5 heteroatoms. The van der Waals surface area contributed by atoms with Crippen molar-refractivity contribution >= 4 is 11.8 Å². The monoisotopic (exact) mass is 298 g/mol. The van der Waals surface area contributed by atoms with Crippen molar-refractivity contribution in [2.45, 2.75) is 70.8 Å². The third kappa shape index (κ3) is 8.05. The molecule has 1 atom stereocenters. The Morgan fingerprint density at radius 2 is 1.81 bits per heavy atom. The van der Waals surface area contributed by atoms with Gasteiger partial charge in [-0.2, -0.15) is 0 Å². The summed E-state index contributed by atoms with van der Waals surface area (Å²) in [7, 11) is 0. The Morgan fingerprint density at radius 3 is 2.43 bits per heavy atom. The van der Waals surface area contributed by atoms with Crippen LogP contribution in [0, 0.1) is 0 Å². The first kappa shape index (κ1) is 18.0. The number of amides is 2. The molecule has 1 rings (SSSR count). The second-order valence-electron chi connectivity index (χ2n) is 5.93. The van der Waals surface area contributed by atoms with Gasteiger partial charge in [-0.3, -0.25) is 9.59 Å². The van der Waals surface area contributed by atoms with Gasteiger partial charge in [0.15, 0.2) is 0 Å². The molecule has 0 saturated carbocycles. The van der Waals surface area contributed by atoms with Crippen LogP contribution in [0.2, 0.25) is 0 Å². The van der Waals surface area contributed by atoms with Crippen molar-refractivity contribution in [3.05, 3.63) is 0 Å². The molecule has 0 aliphatic carbocycles. The van der Waals surface area contributed by atoms with Crippen molar-refractivity contribution < 1.29 is 14.7 Å². The van der Waals surface area contributed by atoms with Gasteiger partial charge in [-0.25, -0.2) is 0 Å². The van der Waals surface area contributed by atoms with E-state index in [0.717, 1.165) is 12.8 Å². The van der Waals surface area contributed by atoms with E-state index in [-0.39, 0.29) is 18.4 Å². The standard InChI is InChI=1S/C16H30N2O3/c1-2-3-4-5-6-7-8-9-15(20)17-12-16(21)18-11-10-14(19)13-18/h14,19H,2-13H2,1H3,(H,17,20). The number of β-amino-alcohol motifs (C(OH)–C–C–N with tert-alkyl or cyclic N) is 1. The van der Waals surface area contributed by atoms with Gasteiger partial charge in [0.2, 0.25) is 11.8 Å². The molecule has 0 spiro atoms. The number of aliphatic hydroxyl groups excluding tert-OH is 1. The van der Waals surface area contributed by atoms with Crippen LogP contribution in [0.3, 0.4) is 0 Å². The smallest absolute Gasteiger partial charge is 0.242 e. The van der Waals surface area contributed by atoms with Gasteiger partial charge in [0, 0.05) is 19.5 Å². The van der Waals surface area contributed by atoms with Crippen molar-refractivity contribution in [1.82, 2.24) is 10.2 Å². The number of aliphatic hydroxyl groups is 1. The van der Waals surface area contributed by atoms with Gasteiger partial charge in [0.25, 0.3) is 0 Å². The summed E-state index contributed by atoms with van der Waals surface area (Å²) in [5.74, 6) is -0.142. The number of rotatable bonds is 10. The third-order valence-electron chi connectivity index (χ3n) is 3.96. The van der Waals surface area contributed by atoms with E-state index in [0.29, 0.717) is 25.9 Å². The number of unbranched alkanes of at least 4 members (excludes halogenated alkanes) is 6. The maximum atomic E-state index is 11.8. The molecule has 5 nitrogen and oxygen atoms in total. The molecule has 1 saturated heterocycles. The van der Waals surface area contributed by atoms with Gasteiger partial charge < -0.3 is 15.3 Å².